The van der Waals surface area contributed by atoms with Crippen LogP contribution in [-0.4, -0.2) is 7.11 Å². The van der Waals surface area contributed by atoms with E-state index in [4.69, 9.17) is 10.5 Å². The van der Waals surface area contributed by atoms with E-state index in [1.165, 1.54) is 11.1 Å². The Morgan fingerprint density at radius 3 is 2.92 bits per heavy atom. The van der Waals surface area contributed by atoms with Crippen molar-refractivity contribution in [3.05, 3.63) is 29.3 Å². The summed E-state index contributed by atoms with van der Waals surface area (Å²) in [5.41, 5.74) is 8.47. The van der Waals surface area contributed by atoms with E-state index < -0.39 is 0 Å². The van der Waals surface area contributed by atoms with E-state index in [2.05, 4.69) is 6.07 Å². The molecule has 1 aliphatic carbocycles. The number of hydrogen-bond donors (Lipinski definition) is 1. The van der Waals surface area contributed by atoms with E-state index in [-0.39, 0.29) is 18.4 Å². The predicted molar refractivity (Wildman–Crippen MR) is 55.5 cm³/mol. The minimum Gasteiger partial charge on any atom is -0.496 e. The fourth-order valence-corrected chi connectivity index (χ4v) is 1.84. The summed E-state index contributed by atoms with van der Waals surface area (Å²) in [6.07, 6.45) is 2.11. The Labute approximate surface area is 84.5 Å². The molecule has 0 saturated heterocycles. The second-order valence-corrected chi connectivity index (χ2v) is 3.17. The smallest absolute Gasteiger partial charge is 0.122 e. The van der Waals surface area contributed by atoms with Crippen LogP contribution in [0.4, 0.5) is 0 Å². The van der Waals surface area contributed by atoms with Gasteiger partial charge in [-0.15, -0.1) is 12.4 Å². The summed E-state index contributed by atoms with van der Waals surface area (Å²) in [4.78, 5) is 0. The van der Waals surface area contributed by atoms with Crippen LogP contribution in [-0.2, 0) is 6.42 Å². The maximum atomic E-state index is 5.91. The zero-order valence-electron chi connectivity index (χ0n) is 7.62. The molecule has 3 heteroatoms. The maximum absolute atomic E-state index is 5.91. The molecule has 0 spiro atoms. The van der Waals surface area contributed by atoms with Crippen LogP contribution in [0.15, 0.2) is 18.2 Å². The van der Waals surface area contributed by atoms with Gasteiger partial charge in [-0.05, 0) is 30.0 Å². The minimum absolute atomic E-state index is 0. The number of hydrogen-bond acceptors (Lipinski definition) is 2. The third-order valence-electron chi connectivity index (χ3n) is 2.49. The molecule has 1 aromatic rings. The van der Waals surface area contributed by atoms with Gasteiger partial charge in [-0.2, -0.15) is 0 Å². The summed E-state index contributed by atoms with van der Waals surface area (Å²) in [6, 6.07) is 6.31. The van der Waals surface area contributed by atoms with Gasteiger partial charge in [0, 0.05) is 6.04 Å². The van der Waals surface area contributed by atoms with Gasteiger partial charge in [0.1, 0.15) is 5.75 Å². The van der Waals surface area contributed by atoms with Gasteiger partial charge in [-0.1, -0.05) is 12.1 Å². The Balaban J connectivity index is 0.000000845. The van der Waals surface area contributed by atoms with Crippen LogP contribution < -0.4 is 10.5 Å². The lowest BCUT2D eigenvalue weighted by molar-refractivity contribution is 0.410. The number of benzene rings is 1. The molecule has 2 N–H and O–H groups in total. The topological polar surface area (TPSA) is 35.2 Å². The quantitative estimate of drug-likeness (QED) is 0.752. The fourth-order valence-electron chi connectivity index (χ4n) is 1.84. The Kier molecular flexibility index (Phi) is 3.17. The molecule has 2 rings (SSSR count). The van der Waals surface area contributed by atoms with E-state index in [9.17, 15) is 0 Å². The summed E-state index contributed by atoms with van der Waals surface area (Å²) in [5, 5.41) is 0. The van der Waals surface area contributed by atoms with Crippen molar-refractivity contribution < 1.29 is 4.74 Å². The zero-order chi connectivity index (χ0) is 8.55. The SMILES string of the molecule is COc1cccc2c1CC[C@H]2N.Cl. The van der Waals surface area contributed by atoms with Crippen molar-refractivity contribution in [3.63, 3.8) is 0 Å². The predicted octanol–water partition coefficient (Wildman–Crippen LogP) is 2.06. The summed E-state index contributed by atoms with van der Waals surface area (Å²) in [6.45, 7) is 0. The molecule has 0 saturated carbocycles. The second-order valence-electron chi connectivity index (χ2n) is 3.17. The normalized spacial score (nSPS) is 19.1. The molecule has 2 nitrogen and oxygen atoms in total. The highest BCUT2D eigenvalue weighted by Gasteiger charge is 2.21. The van der Waals surface area contributed by atoms with Crippen molar-refractivity contribution in [2.45, 2.75) is 18.9 Å². The third-order valence-corrected chi connectivity index (χ3v) is 2.49. The van der Waals surface area contributed by atoms with Gasteiger partial charge in [0.15, 0.2) is 0 Å². The van der Waals surface area contributed by atoms with Crippen LogP contribution >= 0.6 is 12.4 Å². The van der Waals surface area contributed by atoms with Crippen LogP contribution in [0.25, 0.3) is 0 Å². The highest BCUT2D eigenvalue weighted by atomic mass is 35.5. The van der Waals surface area contributed by atoms with Crippen LogP contribution in [0, 0.1) is 0 Å². The highest BCUT2D eigenvalue weighted by molar-refractivity contribution is 5.85. The average Bonchev–Trinajstić information content (AvgIpc) is 2.48. The first-order valence-electron chi connectivity index (χ1n) is 4.24. The molecule has 1 aliphatic rings. The van der Waals surface area contributed by atoms with Gasteiger partial charge in [-0.3, -0.25) is 0 Å². The second kappa shape index (κ2) is 3.99. The molecule has 13 heavy (non-hydrogen) atoms. The first-order valence-corrected chi connectivity index (χ1v) is 4.24. The van der Waals surface area contributed by atoms with E-state index in [1.807, 2.05) is 12.1 Å². The molecular weight excluding hydrogens is 186 g/mol. The van der Waals surface area contributed by atoms with Gasteiger partial charge in [-0.25, -0.2) is 0 Å². The number of rotatable bonds is 1. The summed E-state index contributed by atoms with van der Waals surface area (Å²) >= 11 is 0. The molecule has 72 valence electrons. The zero-order valence-corrected chi connectivity index (χ0v) is 8.43. The van der Waals surface area contributed by atoms with E-state index in [0.29, 0.717) is 0 Å². The molecule has 1 atom stereocenters. The largest absolute Gasteiger partial charge is 0.496 e. The molecule has 0 aromatic heterocycles. The van der Waals surface area contributed by atoms with E-state index >= 15 is 0 Å². The summed E-state index contributed by atoms with van der Waals surface area (Å²) < 4.78 is 5.25. The first kappa shape index (κ1) is 10.4. The van der Waals surface area contributed by atoms with Crippen LogP contribution in [0.2, 0.25) is 0 Å². The number of ether oxygens (including phenoxy) is 1. The molecule has 1 aromatic carbocycles. The van der Waals surface area contributed by atoms with E-state index in [0.717, 1.165) is 18.6 Å². The Morgan fingerprint density at radius 1 is 1.46 bits per heavy atom. The molecule has 0 bridgehead atoms. The molecule has 0 fully saturated rings. The number of halogens is 1. The molecule has 0 unspecified atom stereocenters. The Bertz CT molecular complexity index is 301. The van der Waals surface area contributed by atoms with Crippen molar-refractivity contribution in [1.29, 1.82) is 0 Å². The number of nitrogens with two attached hydrogens (primary N) is 1. The van der Waals surface area contributed by atoms with Crippen molar-refractivity contribution in [2.24, 2.45) is 5.73 Å². The number of fused-ring (bicyclic) bond motifs is 1. The molecule has 0 amide bonds. The maximum Gasteiger partial charge on any atom is 0.122 e. The number of methoxy groups -OCH3 is 1. The van der Waals surface area contributed by atoms with Crippen molar-refractivity contribution in [2.75, 3.05) is 7.11 Å². The van der Waals surface area contributed by atoms with Crippen LogP contribution in [0.3, 0.4) is 0 Å². The lowest BCUT2D eigenvalue weighted by atomic mass is 10.1. The van der Waals surface area contributed by atoms with Crippen molar-refractivity contribution in [3.8, 4) is 5.75 Å². The van der Waals surface area contributed by atoms with Crippen molar-refractivity contribution >= 4 is 12.4 Å². The van der Waals surface area contributed by atoms with Crippen LogP contribution in [0.1, 0.15) is 23.6 Å². The summed E-state index contributed by atoms with van der Waals surface area (Å²) in [7, 11) is 1.71. The standard InChI is InChI=1S/C10H13NO.ClH/c1-12-10-4-2-3-7-8(10)5-6-9(7)11;/h2-4,9H,5-6,11H2,1H3;1H/t9-;/m1./s1. The molecule has 0 aliphatic heterocycles. The lowest BCUT2D eigenvalue weighted by Crippen LogP contribution is -2.04. The fraction of sp³-hybridized carbons (Fsp3) is 0.400. The molecular formula is C10H14ClNO. The Hall–Kier alpha value is -0.730. The van der Waals surface area contributed by atoms with E-state index in [1.54, 1.807) is 7.11 Å². The van der Waals surface area contributed by atoms with Gasteiger partial charge >= 0.3 is 0 Å². The monoisotopic (exact) mass is 199 g/mol. The third kappa shape index (κ3) is 1.64. The minimum atomic E-state index is 0. The first-order chi connectivity index (χ1) is 5.83. The lowest BCUT2D eigenvalue weighted by Gasteiger charge is -2.07. The van der Waals surface area contributed by atoms with Gasteiger partial charge in [0.25, 0.3) is 0 Å². The van der Waals surface area contributed by atoms with Gasteiger partial charge < -0.3 is 10.5 Å². The Morgan fingerprint density at radius 2 is 2.23 bits per heavy atom. The average molecular weight is 200 g/mol. The van der Waals surface area contributed by atoms with Gasteiger partial charge in [0.05, 0.1) is 7.11 Å². The van der Waals surface area contributed by atoms with Crippen molar-refractivity contribution in [1.82, 2.24) is 0 Å². The van der Waals surface area contributed by atoms with Crippen LogP contribution in [0.5, 0.6) is 5.75 Å². The molecule has 0 heterocycles. The highest BCUT2D eigenvalue weighted by Crippen LogP contribution is 2.34. The molecule has 0 radical (unpaired) electrons. The summed E-state index contributed by atoms with van der Waals surface area (Å²) in [5.74, 6) is 0.987. The van der Waals surface area contributed by atoms with Gasteiger partial charge in [0.2, 0.25) is 0 Å².